The predicted molar refractivity (Wildman–Crippen MR) is 111 cm³/mol. The van der Waals surface area contributed by atoms with E-state index >= 15 is 0 Å². The van der Waals surface area contributed by atoms with Gasteiger partial charge in [-0.05, 0) is 47.5 Å². The Morgan fingerprint density at radius 3 is 2.03 bits per heavy atom. The third-order valence-corrected chi connectivity index (χ3v) is 4.93. The molecule has 0 spiro atoms. The maximum absolute atomic E-state index is 13.5. The lowest BCUT2D eigenvalue weighted by atomic mass is 9.89. The van der Waals surface area contributed by atoms with Gasteiger partial charge in [0.1, 0.15) is 17.2 Å². The maximum atomic E-state index is 13.5. The lowest BCUT2D eigenvalue weighted by molar-refractivity contribution is 0.0962. The van der Waals surface area contributed by atoms with Crippen molar-refractivity contribution in [2.75, 3.05) is 14.2 Å². The third kappa shape index (κ3) is 3.55. The van der Waals surface area contributed by atoms with Gasteiger partial charge in [-0.2, -0.15) is 0 Å². The maximum Gasteiger partial charge on any atom is 0.196 e. The second-order valence-electron chi connectivity index (χ2n) is 6.81. The highest BCUT2D eigenvalue weighted by molar-refractivity contribution is 6.15. The van der Waals surface area contributed by atoms with E-state index < -0.39 is 6.10 Å². The monoisotopic (exact) mass is 404 g/mol. The second-order valence-corrected chi connectivity index (χ2v) is 6.81. The molecule has 6 nitrogen and oxygen atoms in total. The molecule has 3 aromatic rings. The molecule has 0 amide bonds. The zero-order valence-electron chi connectivity index (χ0n) is 16.5. The molecule has 1 aliphatic heterocycles. The highest BCUT2D eigenvalue weighted by atomic mass is 16.5. The van der Waals surface area contributed by atoms with Gasteiger partial charge in [-0.25, -0.2) is 0 Å². The first kappa shape index (κ1) is 19.4. The van der Waals surface area contributed by atoms with Gasteiger partial charge >= 0.3 is 0 Å². The lowest BCUT2D eigenvalue weighted by Gasteiger charge is -2.29. The van der Waals surface area contributed by atoms with E-state index in [1.54, 1.807) is 66.7 Å². The molecule has 1 heterocycles. The highest BCUT2D eigenvalue weighted by Crippen LogP contribution is 2.44. The zero-order valence-corrected chi connectivity index (χ0v) is 16.5. The van der Waals surface area contributed by atoms with E-state index in [4.69, 9.17) is 14.2 Å². The molecule has 1 atom stereocenters. The molecule has 0 aromatic heterocycles. The van der Waals surface area contributed by atoms with Gasteiger partial charge in [-0.1, -0.05) is 24.3 Å². The van der Waals surface area contributed by atoms with E-state index in [0.29, 0.717) is 33.9 Å². The molecule has 2 N–H and O–H groups in total. The van der Waals surface area contributed by atoms with Crippen molar-refractivity contribution in [3.8, 4) is 28.7 Å². The minimum absolute atomic E-state index is 0.122. The molecule has 0 saturated heterocycles. The molecule has 0 bridgehead atoms. The average molecular weight is 404 g/mol. The van der Waals surface area contributed by atoms with Gasteiger partial charge in [-0.15, -0.1) is 0 Å². The van der Waals surface area contributed by atoms with Crippen LogP contribution in [-0.2, 0) is 0 Å². The lowest BCUT2D eigenvalue weighted by Crippen LogP contribution is -2.24. The summed E-state index contributed by atoms with van der Waals surface area (Å²) in [6, 6.07) is 16.3. The molecule has 1 aliphatic rings. The topological polar surface area (TPSA) is 85.2 Å². The number of fused-ring (bicyclic) bond motifs is 1. The number of ether oxygens (including phenoxy) is 3. The van der Waals surface area contributed by atoms with Crippen molar-refractivity contribution < 1.29 is 29.2 Å². The summed E-state index contributed by atoms with van der Waals surface area (Å²) in [5, 5.41) is 19.2. The van der Waals surface area contributed by atoms with Crippen LogP contribution in [0.3, 0.4) is 0 Å². The van der Waals surface area contributed by atoms with Gasteiger partial charge in [0.15, 0.2) is 23.4 Å². The standard InChI is InChI=1S/C24H20O6/c1-28-21-12-18-20(13-22(21)29-2)30-24(15-5-9-17(26)10-6-15)19(23(18)27)11-14-3-7-16(25)8-4-14/h3-13,24-26H,1-2H3/b19-11+. The van der Waals surface area contributed by atoms with E-state index in [9.17, 15) is 15.0 Å². The summed E-state index contributed by atoms with van der Waals surface area (Å²) in [7, 11) is 3.02. The SMILES string of the molecule is COc1cc2c(cc1OC)C(=O)/C(=C\c1ccc(O)cc1)C(c1ccc(O)cc1)O2. The van der Waals surface area contributed by atoms with Crippen molar-refractivity contribution in [2.24, 2.45) is 0 Å². The highest BCUT2D eigenvalue weighted by Gasteiger charge is 2.34. The molecule has 152 valence electrons. The molecule has 30 heavy (non-hydrogen) atoms. The van der Waals surface area contributed by atoms with Crippen molar-refractivity contribution in [1.29, 1.82) is 0 Å². The number of aromatic hydroxyl groups is 2. The number of rotatable bonds is 4. The summed E-state index contributed by atoms with van der Waals surface area (Å²) in [5.41, 5.74) is 2.25. The van der Waals surface area contributed by atoms with Crippen molar-refractivity contribution in [3.63, 3.8) is 0 Å². The quantitative estimate of drug-likeness (QED) is 0.622. The number of phenolic OH excluding ortho intramolecular Hbond substituents is 2. The van der Waals surface area contributed by atoms with Crippen molar-refractivity contribution in [2.45, 2.75) is 6.10 Å². The first-order chi connectivity index (χ1) is 14.5. The van der Waals surface area contributed by atoms with E-state index in [2.05, 4.69) is 0 Å². The summed E-state index contributed by atoms with van der Waals surface area (Å²) in [6.45, 7) is 0. The van der Waals surface area contributed by atoms with Crippen LogP contribution in [0.1, 0.15) is 27.6 Å². The summed E-state index contributed by atoms with van der Waals surface area (Å²) in [5.74, 6) is 1.33. The Morgan fingerprint density at radius 1 is 0.867 bits per heavy atom. The summed E-state index contributed by atoms with van der Waals surface area (Å²) >= 11 is 0. The minimum atomic E-state index is -0.683. The molecule has 3 aromatic carbocycles. The molecule has 0 saturated carbocycles. The smallest absolute Gasteiger partial charge is 0.196 e. The molecule has 1 unspecified atom stereocenters. The van der Waals surface area contributed by atoms with Gasteiger partial charge < -0.3 is 24.4 Å². The van der Waals surface area contributed by atoms with Crippen LogP contribution in [0.15, 0.2) is 66.2 Å². The van der Waals surface area contributed by atoms with Gasteiger partial charge in [0.25, 0.3) is 0 Å². The van der Waals surface area contributed by atoms with Crippen molar-refractivity contribution in [1.82, 2.24) is 0 Å². The molecule has 0 radical (unpaired) electrons. The van der Waals surface area contributed by atoms with Crippen LogP contribution < -0.4 is 14.2 Å². The summed E-state index contributed by atoms with van der Waals surface area (Å²) < 4.78 is 16.9. The van der Waals surface area contributed by atoms with Crippen LogP contribution >= 0.6 is 0 Å². The minimum Gasteiger partial charge on any atom is -0.508 e. The Labute approximate surface area is 173 Å². The average Bonchev–Trinajstić information content (AvgIpc) is 2.76. The number of hydrogen-bond donors (Lipinski definition) is 2. The number of carbonyl (C=O) groups is 1. The van der Waals surface area contributed by atoms with Crippen LogP contribution in [0.5, 0.6) is 28.7 Å². The molecular formula is C24H20O6. The number of ketones is 1. The third-order valence-electron chi connectivity index (χ3n) is 4.93. The van der Waals surface area contributed by atoms with E-state index in [-0.39, 0.29) is 17.3 Å². The fourth-order valence-corrected chi connectivity index (χ4v) is 3.39. The fraction of sp³-hybridized carbons (Fsp3) is 0.125. The molecule has 6 heteroatoms. The summed E-state index contributed by atoms with van der Waals surface area (Å²) in [6.07, 6.45) is 1.05. The Kier molecular flexibility index (Phi) is 5.06. The number of hydrogen-bond acceptors (Lipinski definition) is 6. The Balaban J connectivity index is 1.87. The number of phenols is 2. The van der Waals surface area contributed by atoms with Crippen LogP contribution in [0.25, 0.3) is 6.08 Å². The number of Topliss-reactive ketones (excluding diaryl/α,β-unsaturated/α-hetero) is 1. The van der Waals surface area contributed by atoms with Gasteiger partial charge in [0.2, 0.25) is 0 Å². The van der Waals surface area contributed by atoms with Crippen LogP contribution in [0, 0.1) is 0 Å². The van der Waals surface area contributed by atoms with E-state index in [1.807, 2.05) is 0 Å². The summed E-state index contributed by atoms with van der Waals surface area (Å²) in [4.78, 5) is 13.5. The van der Waals surface area contributed by atoms with Gasteiger partial charge in [-0.3, -0.25) is 4.79 Å². The Hall–Kier alpha value is -3.93. The van der Waals surface area contributed by atoms with Crippen LogP contribution in [-0.4, -0.2) is 30.2 Å². The van der Waals surface area contributed by atoms with E-state index in [1.165, 1.54) is 14.2 Å². The Morgan fingerprint density at radius 2 is 1.43 bits per heavy atom. The van der Waals surface area contributed by atoms with E-state index in [0.717, 1.165) is 5.56 Å². The Bertz CT molecular complexity index is 1110. The van der Waals surface area contributed by atoms with Gasteiger partial charge in [0.05, 0.1) is 19.8 Å². The predicted octanol–water partition coefficient (Wildman–Crippen LogP) is 4.52. The number of methoxy groups -OCH3 is 2. The fourth-order valence-electron chi connectivity index (χ4n) is 3.39. The molecular weight excluding hydrogens is 384 g/mol. The van der Waals surface area contributed by atoms with Crippen molar-refractivity contribution in [3.05, 3.63) is 82.9 Å². The largest absolute Gasteiger partial charge is 0.508 e. The molecule has 0 fully saturated rings. The van der Waals surface area contributed by atoms with Crippen LogP contribution in [0.2, 0.25) is 0 Å². The zero-order chi connectivity index (χ0) is 21.3. The van der Waals surface area contributed by atoms with Gasteiger partial charge in [0, 0.05) is 11.6 Å². The normalized spacial score (nSPS) is 16.7. The second kappa shape index (κ2) is 7.83. The molecule has 0 aliphatic carbocycles. The first-order valence-electron chi connectivity index (χ1n) is 9.27. The first-order valence-corrected chi connectivity index (χ1v) is 9.27. The van der Waals surface area contributed by atoms with Crippen molar-refractivity contribution >= 4 is 11.9 Å². The molecule has 4 rings (SSSR count). The number of carbonyl (C=O) groups excluding carboxylic acids is 1. The number of benzene rings is 3. The van der Waals surface area contributed by atoms with Crippen LogP contribution in [0.4, 0.5) is 0 Å².